The molecule has 1 aromatic heterocycles. The average Bonchev–Trinajstić information content (AvgIpc) is 2.64. The first-order valence-corrected chi connectivity index (χ1v) is 9.15. The molecule has 1 heterocycles. The highest BCUT2D eigenvalue weighted by Gasteiger charge is 2.24. The fraction of sp³-hybridized carbons (Fsp3) is 0.444. The van der Waals surface area contributed by atoms with E-state index in [1.807, 2.05) is 6.92 Å². The van der Waals surface area contributed by atoms with Crippen LogP contribution in [0.5, 0.6) is 5.75 Å². The average molecular weight is 372 g/mol. The molecule has 1 aromatic carbocycles. The Morgan fingerprint density at radius 3 is 2.56 bits per heavy atom. The number of aromatic nitrogens is 2. The Hall–Kier alpha value is -3.10. The Bertz CT molecular complexity index is 790. The largest absolute Gasteiger partial charge is 0.494 e. The number of rotatable bonds is 7. The van der Waals surface area contributed by atoms with Crippen LogP contribution >= 0.6 is 0 Å². The zero-order valence-electron chi connectivity index (χ0n) is 15.3. The van der Waals surface area contributed by atoms with Crippen LogP contribution in [0, 0.1) is 10.1 Å². The molecule has 1 aliphatic rings. The minimum atomic E-state index is -0.573. The predicted octanol–water partition coefficient (Wildman–Crippen LogP) is 3.85. The smallest absolute Gasteiger partial charge is 0.353 e. The Balaban J connectivity index is 1.85. The van der Waals surface area contributed by atoms with Gasteiger partial charge < -0.3 is 21.1 Å². The van der Waals surface area contributed by atoms with Crippen LogP contribution in [0.3, 0.4) is 0 Å². The monoisotopic (exact) mass is 372 g/mol. The molecule has 0 unspecified atom stereocenters. The Morgan fingerprint density at radius 1 is 1.22 bits per heavy atom. The van der Waals surface area contributed by atoms with E-state index in [0.717, 1.165) is 31.4 Å². The van der Waals surface area contributed by atoms with Crippen molar-refractivity contribution < 1.29 is 9.66 Å². The lowest BCUT2D eigenvalue weighted by Crippen LogP contribution is -2.24. The van der Waals surface area contributed by atoms with E-state index in [9.17, 15) is 10.1 Å². The highest BCUT2D eigenvalue weighted by atomic mass is 16.6. The maximum atomic E-state index is 11.4. The third-order valence-corrected chi connectivity index (χ3v) is 4.46. The first kappa shape index (κ1) is 18.7. The van der Waals surface area contributed by atoms with Gasteiger partial charge in [0.2, 0.25) is 17.6 Å². The molecule has 0 spiro atoms. The SMILES string of the molecule is CCOc1ccc(Nc2nc(NC3CCCCC3)nc(N)c2[N+](=O)[O-])cc1. The van der Waals surface area contributed by atoms with Gasteiger partial charge in [0.25, 0.3) is 0 Å². The van der Waals surface area contributed by atoms with Crippen LogP contribution in [-0.2, 0) is 0 Å². The quantitative estimate of drug-likeness (QED) is 0.494. The van der Waals surface area contributed by atoms with Gasteiger partial charge in [-0.15, -0.1) is 0 Å². The number of nitrogen functional groups attached to an aromatic ring is 1. The fourth-order valence-corrected chi connectivity index (χ4v) is 3.17. The van der Waals surface area contributed by atoms with Crippen LogP contribution in [0.25, 0.3) is 0 Å². The first-order valence-electron chi connectivity index (χ1n) is 9.15. The van der Waals surface area contributed by atoms with Crippen molar-refractivity contribution in [1.29, 1.82) is 0 Å². The van der Waals surface area contributed by atoms with Gasteiger partial charge in [-0.2, -0.15) is 9.97 Å². The Labute approximate surface area is 157 Å². The van der Waals surface area contributed by atoms with Crippen molar-refractivity contribution in [3.8, 4) is 5.75 Å². The van der Waals surface area contributed by atoms with Crippen LogP contribution in [0.15, 0.2) is 24.3 Å². The van der Waals surface area contributed by atoms with Crippen LogP contribution in [-0.4, -0.2) is 27.5 Å². The van der Waals surface area contributed by atoms with Gasteiger partial charge >= 0.3 is 5.69 Å². The third-order valence-electron chi connectivity index (χ3n) is 4.46. The number of nitrogens with two attached hydrogens (primary N) is 1. The van der Waals surface area contributed by atoms with Gasteiger partial charge in [0.15, 0.2) is 0 Å². The summed E-state index contributed by atoms with van der Waals surface area (Å²) < 4.78 is 5.40. The van der Waals surface area contributed by atoms with E-state index in [1.165, 1.54) is 6.42 Å². The topological polar surface area (TPSA) is 128 Å². The summed E-state index contributed by atoms with van der Waals surface area (Å²) in [6, 6.07) is 7.35. The number of nitrogens with zero attached hydrogens (tertiary/aromatic N) is 3. The summed E-state index contributed by atoms with van der Waals surface area (Å²) in [4.78, 5) is 19.3. The molecular formula is C18H24N6O3. The summed E-state index contributed by atoms with van der Waals surface area (Å²) in [5.41, 5.74) is 6.16. The summed E-state index contributed by atoms with van der Waals surface area (Å²) in [5, 5.41) is 17.7. The minimum Gasteiger partial charge on any atom is -0.494 e. The molecule has 9 nitrogen and oxygen atoms in total. The first-order chi connectivity index (χ1) is 13.1. The summed E-state index contributed by atoms with van der Waals surface area (Å²) >= 11 is 0. The molecule has 1 fully saturated rings. The summed E-state index contributed by atoms with van der Waals surface area (Å²) in [5.74, 6) is 0.926. The van der Waals surface area contributed by atoms with Gasteiger partial charge in [-0.3, -0.25) is 10.1 Å². The lowest BCUT2D eigenvalue weighted by atomic mass is 9.96. The van der Waals surface area contributed by atoms with E-state index in [2.05, 4.69) is 20.6 Å². The standard InChI is InChI=1S/C18H24N6O3/c1-2-27-14-10-8-13(9-11-14)20-17-15(24(25)26)16(19)22-18(23-17)21-12-6-4-3-5-7-12/h8-12H,2-7H2,1H3,(H4,19,20,21,22,23). The molecule has 0 atom stereocenters. The van der Waals surface area contributed by atoms with Crippen molar-refractivity contribution in [2.75, 3.05) is 23.0 Å². The fourth-order valence-electron chi connectivity index (χ4n) is 3.17. The van der Waals surface area contributed by atoms with E-state index in [1.54, 1.807) is 24.3 Å². The number of nitrogens with one attached hydrogen (secondary N) is 2. The lowest BCUT2D eigenvalue weighted by Gasteiger charge is -2.23. The molecule has 0 aliphatic heterocycles. The van der Waals surface area contributed by atoms with Crippen molar-refractivity contribution in [1.82, 2.24) is 9.97 Å². The van der Waals surface area contributed by atoms with Crippen molar-refractivity contribution in [3.05, 3.63) is 34.4 Å². The summed E-state index contributed by atoms with van der Waals surface area (Å²) in [6.07, 6.45) is 5.59. The molecule has 4 N–H and O–H groups in total. The Kier molecular flexibility index (Phi) is 5.90. The second-order valence-electron chi connectivity index (χ2n) is 6.45. The molecule has 0 saturated heterocycles. The second kappa shape index (κ2) is 8.52. The van der Waals surface area contributed by atoms with Gasteiger partial charge in [0.1, 0.15) is 5.75 Å². The molecule has 9 heteroatoms. The summed E-state index contributed by atoms with van der Waals surface area (Å²) in [6.45, 7) is 2.47. The molecular weight excluding hydrogens is 348 g/mol. The number of benzene rings is 1. The summed E-state index contributed by atoms with van der Waals surface area (Å²) in [7, 11) is 0. The van der Waals surface area contributed by atoms with Gasteiger partial charge in [-0.25, -0.2) is 0 Å². The van der Waals surface area contributed by atoms with Crippen LogP contribution < -0.4 is 21.1 Å². The van der Waals surface area contributed by atoms with E-state index in [4.69, 9.17) is 10.5 Å². The zero-order valence-corrected chi connectivity index (χ0v) is 15.3. The van der Waals surface area contributed by atoms with Gasteiger partial charge in [-0.1, -0.05) is 19.3 Å². The molecule has 0 radical (unpaired) electrons. The normalized spacial score (nSPS) is 14.6. The molecule has 0 amide bonds. The van der Waals surface area contributed by atoms with Crippen LogP contribution in [0.2, 0.25) is 0 Å². The van der Waals surface area contributed by atoms with Crippen LogP contribution in [0.4, 0.5) is 29.0 Å². The molecule has 1 aliphatic carbocycles. The van der Waals surface area contributed by atoms with E-state index < -0.39 is 4.92 Å². The number of hydrogen-bond donors (Lipinski definition) is 3. The Morgan fingerprint density at radius 2 is 1.93 bits per heavy atom. The molecule has 0 bridgehead atoms. The zero-order chi connectivity index (χ0) is 19.2. The number of hydrogen-bond acceptors (Lipinski definition) is 8. The van der Waals surface area contributed by atoms with Gasteiger partial charge in [-0.05, 0) is 44.0 Å². The van der Waals surface area contributed by atoms with Crippen molar-refractivity contribution in [2.45, 2.75) is 45.1 Å². The predicted molar refractivity (Wildman–Crippen MR) is 104 cm³/mol. The molecule has 1 saturated carbocycles. The number of nitro groups is 1. The maximum Gasteiger partial charge on any atom is 0.353 e. The maximum absolute atomic E-state index is 11.4. The van der Waals surface area contributed by atoms with Crippen molar-refractivity contribution in [2.24, 2.45) is 0 Å². The van der Waals surface area contributed by atoms with Gasteiger partial charge in [0, 0.05) is 11.7 Å². The highest BCUT2D eigenvalue weighted by Crippen LogP contribution is 2.32. The van der Waals surface area contributed by atoms with Gasteiger partial charge in [0.05, 0.1) is 11.5 Å². The van der Waals surface area contributed by atoms with Crippen molar-refractivity contribution >= 4 is 29.0 Å². The van der Waals surface area contributed by atoms with E-state index in [0.29, 0.717) is 18.2 Å². The highest BCUT2D eigenvalue weighted by molar-refractivity contribution is 5.74. The van der Waals surface area contributed by atoms with Crippen molar-refractivity contribution in [3.63, 3.8) is 0 Å². The molecule has 144 valence electrons. The second-order valence-corrected chi connectivity index (χ2v) is 6.45. The van der Waals surface area contributed by atoms with E-state index in [-0.39, 0.29) is 23.4 Å². The molecule has 3 rings (SSSR count). The molecule has 27 heavy (non-hydrogen) atoms. The number of ether oxygens (including phenoxy) is 1. The lowest BCUT2D eigenvalue weighted by molar-refractivity contribution is -0.383. The van der Waals surface area contributed by atoms with Crippen LogP contribution in [0.1, 0.15) is 39.0 Å². The number of anilines is 4. The molecule has 2 aromatic rings. The third kappa shape index (κ3) is 4.75. The minimum absolute atomic E-state index is 0.0648. The van der Waals surface area contributed by atoms with E-state index >= 15 is 0 Å².